The van der Waals surface area contributed by atoms with Crippen LogP contribution in [0.5, 0.6) is 11.5 Å². The summed E-state index contributed by atoms with van der Waals surface area (Å²) in [5.41, 5.74) is 4.46. The first-order chi connectivity index (χ1) is 19.8. The summed E-state index contributed by atoms with van der Waals surface area (Å²) in [5, 5.41) is 4.61. The lowest BCUT2D eigenvalue weighted by Gasteiger charge is -2.39. The molecule has 222 valence electrons. The van der Waals surface area contributed by atoms with E-state index in [1.54, 1.807) is 14.2 Å². The number of ether oxygens (including phenoxy) is 3. The van der Waals surface area contributed by atoms with Gasteiger partial charge in [-0.2, -0.15) is 5.10 Å². The highest BCUT2D eigenvalue weighted by molar-refractivity contribution is 5.74. The summed E-state index contributed by atoms with van der Waals surface area (Å²) in [6.07, 6.45) is 11.0. The number of hydrogen-bond acceptors (Lipinski definition) is 7. The SMILES string of the molecule is COCC(F)(F)CN1CC[C@@H](Cc2ccn3ncc(N4C=CCN(Cc5ccc(OC)cc5OC)C4)c3c2)C[C@@H]1C. The van der Waals surface area contributed by atoms with Crippen LogP contribution >= 0.6 is 0 Å². The molecular formula is C31H41F2N5O3. The Balaban J connectivity index is 1.24. The number of piperidine rings is 1. The second-order valence-corrected chi connectivity index (χ2v) is 11.3. The van der Waals surface area contributed by atoms with Gasteiger partial charge < -0.3 is 19.1 Å². The van der Waals surface area contributed by atoms with Crippen LogP contribution < -0.4 is 14.4 Å². The van der Waals surface area contributed by atoms with Gasteiger partial charge in [0, 0.05) is 50.3 Å². The number of halogens is 2. The van der Waals surface area contributed by atoms with E-state index in [4.69, 9.17) is 14.2 Å². The van der Waals surface area contributed by atoms with Gasteiger partial charge in [0.05, 0.1) is 44.8 Å². The van der Waals surface area contributed by atoms with Crippen LogP contribution in [0.25, 0.3) is 5.52 Å². The molecule has 2 aliphatic heterocycles. The summed E-state index contributed by atoms with van der Waals surface area (Å²) in [6.45, 7) is 4.26. The summed E-state index contributed by atoms with van der Waals surface area (Å²) in [7, 11) is 4.66. The average Bonchev–Trinajstić information content (AvgIpc) is 3.38. The largest absolute Gasteiger partial charge is 0.497 e. The number of alkyl halides is 2. The second-order valence-electron chi connectivity index (χ2n) is 11.3. The number of pyridine rings is 1. The predicted octanol–water partition coefficient (Wildman–Crippen LogP) is 5.07. The van der Waals surface area contributed by atoms with Gasteiger partial charge in [0.2, 0.25) is 0 Å². The van der Waals surface area contributed by atoms with E-state index in [2.05, 4.69) is 52.3 Å². The molecule has 4 heterocycles. The number of hydrogen-bond donors (Lipinski definition) is 0. The van der Waals surface area contributed by atoms with E-state index in [1.165, 1.54) is 12.7 Å². The maximum atomic E-state index is 14.1. The third-order valence-electron chi connectivity index (χ3n) is 8.20. The number of rotatable bonds is 11. The molecule has 10 heteroatoms. The van der Waals surface area contributed by atoms with Gasteiger partial charge in [-0.25, -0.2) is 13.3 Å². The van der Waals surface area contributed by atoms with Crippen LogP contribution in [-0.2, 0) is 17.7 Å². The van der Waals surface area contributed by atoms with Crippen molar-refractivity contribution in [3.8, 4) is 11.5 Å². The molecule has 1 aromatic carbocycles. The molecule has 0 aliphatic carbocycles. The predicted molar refractivity (Wildman–Crippen MR) is 156 cm³/mol. The van der Waals surface area contributed by atoms with Gasteiger partial charge in [-0.15, -0.1) is 0 Å². The molecule has 1 fully saturated rings. The number of methoxy groups -OCH3 is 3. The fourth-order valence-corrected chi connectivity index (χ4v) is 6.12. The lowest BCUT2D eigenvalue weighted by Crippen LogP contribution is -2.48. The van der Waals surface area contributed by atoms with Crippen LogP contribution in [0.15, 0.2) is 55.0 Å². The van der Waals surface area contributed by atoms with Crippen molar-refractivity contribution in [1.29, 1.82) is 0 Å². The van der Waals surface area contributed by atoms with Crippen molar-refractivity contribution in [2.75, 3.05) is 59.1 Å². The molecule has 1 saturated heterocycles. The van der Waals surface area contributed by atoms with E-state index < -0.39 is 12.5 Å². The molecule has 0 amide bonds. The molecule has 2 aliphatic rings. The zero-order valence-corrected chi connectivity index (χ0v) is 24.4. The first-order valence-electron chi connectivity index (χ1n) is 14.2. The fraction of sp³-hybridized carbons (Fsp3) is 0.516. The summed E-state index contributed by atoms with van der Waals surface area (Å²) < 4.78 is 45.9. The number of benzene rings is 1. The average molecular weight is 570 g/mol. The summed E-state index contributed by atoms with van der Waals surface area (Å²) >= 11 is 0. The van der Waals surface area contributed by atoms with Gasteiger partial charge in [0.15, 0.2) is 0 Å². The van der Waals surface area contributed by atoms with Gasteiger partial charge in [-0.3, -0.25) is 9.80 Å². The van der Waals surface area contributed by atoms with E-state index in [1.807, 2.05) is 33.9 Å². The Morgan fingerprint density at radius 3 is 2.71 bits per heavy atom. The first kappa shape index (κ1) is 29.3. The highest BCUT2D eigenvalue weighted by Gasteiger charge is 2.36. The van der Waals surface area contributed by atoms with Crippen molar-refractivity contribution in [3.05, 3.63) is 66.1 Å². The minimum absolute atomic E-state index is 0.111. The van der Waals surface area contributed by atoms with Crippen molar-refractivity contribution in [3.63, 3.8) is 0 Å². The molecule has 0 unspecified atom stereocenters. The summed E-state index contributed by atoms with van der Waals surface area (Å²) in [4.78, 5) is 6.49. The van der Waals surface area contributed by atoms with Gasteiger partial charge >= 0.3 is 0 Å². The Morgan fingerprint density at radius 2 is 1.95 bits per heavy atom. The van der Waals surface area contributed by atoms with E-state index >= 15 is 0 Å². The van der Waals surface area contributed by atoms with Crippen LogP contribution in [0, 0.1) is 5.92 Å². The Morgan fingerprint density at radius 1 is 1.10 bits per heavy atom. The molecule has 41 heavy (non-hydrogen) atoms. The molecule has 0 bridgehead atoms. The normalized spacial score (nSPS) is 20.6. The van der Waals surface area contributed by atoms with Crippen molar-refractivity contribution >= 4 is 11.2 Å². The number of likely N-dealkylation sites (tertiary alicyclic amines) is 1. The zero-order chi connectivity index (χ0) is 29.0. The van der Waals surface area contributed by atoms with Crippen molar-refractivity contribution < 1.29 is 23.0 Å². The molecule has 0 radical (unpaired) electrons. The molecule has 0 saturated carbocycles. The Kier molecular flexibility index (Phi) is 9.11. The zero-order valence-electron chi connectivity index (χ0n) is 24.4. The quantitative estimate of drug-likeness (QED) is 0.320. The Labute approximate surface area is 241 Å². The van der Waals surface area contributed by atoms with Crippen LogP contribution in [0.3, 0.4) is 0 Å². The maximum Gasteiger partial charge on any atom is 0.283 e. The Bertz CT molecular complexity index is 1350. The molecule has 0 spiro atoms. The molecule has 0 N–H and O–H groups in total. The summed E-state index contributed by atoms with van der Waals surface area (Å²) in [6, 6.07) is 10.4. The topological polar surface area (TPSA) is 54.7 Å². The van der Waals surface area contributed by atoms with E-state index in [0.29, 0.717) is 12.5 Å². The van der Waals surface area contributed by atoms with Gasteiger partial charge in [-0.1, -0.05) is 12.1 Å². The first-order valence-corrected chi connectivity index (χ1v) is 14.2. The Hall–Kier alpha value is -3.21. The van der Waals surface area contributed by atoms with Crippen molar-refractivity contribution in [1.82, 2.24) is 19.4 Å². The van der Waals surface area contributed by atoms with Crippen LogP contribution in [0.2, 0.25) is 0 Å². The van der Waals surface area contributed by atoms with Crippen molar-refractivity contribution in [2.45, 2.75) is 44.7 Å². The molecule has 8 nitrogen and oxygen atoms in total. The molecule has 2 atom stereocenters. The second kappa shape index (κ2) is 12.8. The smallest absolute Gasteiger partial charge is 0.283 e. The monoisotopic (exact) mass is 569 g/mol. The molecule has 5 rings (SSSR count). The standard InChI is InChI=1S/C31H41F2N5O3/c1-23-14-24(8-12-36(23)20-31(32,33)21-39-2)15-25-9-13-38-28(16-25)29(18-34-38)37-11-5-10-35(22-37)19-26-6-7-27(40-3)17-30(26)41-4/h5-7,9,11,13,16-18,23-24H,8,10,12,14-15,19-22H2,1-4H3/t23-,24+/m0/s1. The maximum absolute atomic E-state index is 14.1. The third-order valence-corrected chi connectivity index (χ3v) is 8.20. The molecular weight excluding hydrogens is 528 g/mol. The highest BCUT2D eigenvalue weighted by atomic mass is 19.3. The van der Waals surface area contributed by atoms with Crippen LogP contribution in [-0.4, -0.2) is 85.6 Å². The van der Waals surface area contributed by atoms with Crippen LogP contribution in [0.1, 0.15) is 30.9 Å². The fourth-order valence-electron chi connectivity index (χ4n) is 6.12. The number of anilines is 1. The summed E-state index contributed by atoms with van der Waals surface area (Å²) in [5.74, 6) is -0.777. The van der Waals surface area contributed by atoms with E-state index in [-0.39, 0.29) is 12.6 Å². The van der Waals surface area contributed by atoms with Crippen LogP contribution in [0.4, 0.5) is 14.5 Å². The van der Waals surface area contributed by atoms with Gasteiger partial charge in [-0.05, 0) is 62.4 Å². The number of aromatic nitrogens is 2. The van der Waals surface area contributed by atoms with E-state index in [0.717, 1.165) is 67.3 Å². The highest BCUT2D eigenvalue weighted by Crippen LogP contribution is 2.31. The van der Waals surface area contributed by atoms with Crippen molar-refractivity contribution in [2.24, 2.45) is 5.92 Å². The molecule has 3 aromatic rings. The third kappa shape index (κ3) is 6.99. The minimum Gasteiger partial charge on any atom is -0.497 e. The number of nitrogens with zero attached hydrogens (tertiary/aromatic N) is 5. The van der Waals surface area contributed by atoms with Gasteiger partial charge in [0.1, 0.15) is 18.1 Å². The van der Waals surface area contributed by atoms with Gasteiger partial charge in [0.25, 0.3) is 5.92 Å². The lowest BCUT2D eigenvalue weighted by molar-refractivity contribution is -0.0950. The minimum atomic E-state index is -2.82. The number of fused-ring (bicyclic) bond motifs is 1. The van der Waals surface area contributed by atoms with E-state index in [9.17, 15) is 8.78 Å². The lowest BCUT2D eigenvalue weighted by atomic mass is 9.86. The molecule has 2 aromatic heterocycles.